The normalized spacial score (nSPS) is 15.6. The van der Waals surface area contributed by atoms with Crippen molar-refractivity contribution in [3.63, 3.8) is 0 Å². The molecule has 0 saturated carbocycles. The van der Waals surface area contributed by atoms with Gasteiger partial charge in [0.15, 0.2) is 0 Å². The minimum absolute atomic E-state index is 0. The van der Waals surface area contributed by atoms with E-state index in [-0.39, 0.29) is 6.97 Å². The van der Waals surface area contributed by atoms with Crippen molar-refractivity contribution in [2.45, 2.75) is 33.2 Å². The summed E-state index contributed by atoms with van der Waals surface area (Å²) < 4.78 is 0. The average Bonchev–Trinajstić information content (AvgIpc) is 2.17. The maximum absolute atomic E-state index is 3.44. The molecule has 80 valence electrons. The van der Waals surface area contributed by atoms with Crippen LogP contribution in [0.15, 0.2) is 24.3 Å². The first-order chi connectivity index (χ1) is 6.52. The summed E-state index contributed by atoms with van der Waals surface area (Å²) in [6.07, 6.45) is 0. The molecule has 0 aromatic heterocycles. The Morgan fingerprint density at radius 3 is 2.29 bits per heavy atom. The molecule has 1 rings (SSSR count). The smallest absolute Gasteiger partial charge is 0.0429 e. The standard InChI is InChI=1S/C13H21N.H2/c1-10(2)13(4,14-5)12-9-7-6-8-11(12)3;/h6-10,14H,1-5H3;1H. The van der Waals surface area contributed by atoms with E-state index in [1.165, 1.54) is 11.1 Å². The van der Waals surface area contributed by atoms with Crippen LogP contribution in [0.25, 0.3) is 0 Å². The van der Waals surface area contributed by atoms with Crippen molar-refractivity contribution in [1.82, 2.24) is 5.32 Å². The minimum Gasteiger partial charge on any atom is -0.310 e. The predicted molar refractivity (Wildman–Crippen MR) is 64.5 cm³/mol. The summed E-state index contributed by atoms with van der Waals surface area (Å²) in [5, 5.41) is 3.44. The second-order valence-electron chi connectivity index (χ2n) is 4.42. The summed E-state index contributed by atoms with van der Waals surface area (Å²) in [6.45, 7) is 8.94. The summed E-state index contributed by atoms with van der Waals surface area (Å²) in [7, 11) is 2.03. The van der Waals surface area contributed by atoms with Gasteiger partial charge in [-0.3, -0.25) is 0 Å². The maximum Gasteiger partial charge on any atom is 0.0429 e. The second kappa shape index (κ2) is 4.14. The van der Waals surface area contributed by atoms with Gasteiger partial charge in [-0.1, -0.05) is 38.1 Å². The van der Waals surface area contributed by atoms with E-state index in [4.69, 9.17) is 0 Å². The van der Waals surface area contributed by atoms with Crippen LogP contribution in [0.1, 0.15) is 33.3 Å². The first-order valence-corrected chi connectivity index (χ1v) is 5.27. The van der Waals surface area contributed by atoms with Crippen molar-refractivity contribution in [3.8, 4) is 0 Å². The SMILES string of the molecule is CNC(C)(c1ccccc1C)C(C)C.[HH]. The third kappa shape index (κ3) is 1.83. The maximum atomic E-state index is 3.44. The Morgan fingerprint density at radius 1 is 1.29 bits per heavy atom. The van der Waals surface area contributed by atoms with Crippen molar-refractivity contribution in [3.05, 3.63) is 35.4 Å². The Hall–Kier alpha value is -0.820. The molecule has 1 aromatic carbocycles. The number of benzene rings is 1. The topological polar surface area (TPSA) is 12.0 Å². The largest absolute Gasteiger partial charge is 0.310 e. The molecule has 0 saturated heterocycles. The molecule has 0 amide bonds. The minimum atomic E-state index is 0. The van der Waals surface area contributed by atoms with Crippen LogP contribution in [0.2, 0.25) is 0 Å². The van der Waals surface area contributed by atoms with Gasteiger partial charge in [-0.15, -0.1) is 0 Å². The van der Waals surface area contributed by atoms with Crippen molar-refractivity contribution >= 4 is 0 Å². The van der Waals surface area contributed by atoms with Gasteiger partial charge in [-0.05, 0) is 37.9 Å². The van der Waals surface area contributed by atoms with E-state index in [0.29, 0.717) is 5.92 Å². The first-order valence-electron chi connectivity index (χ1n) is 5.27. The third-order valence-electron chi connectivity index (χ3n) is 3.38. The highest BCUT2D eigenvalue weighted by Gasteiger charge is 2.29. The Balaban J connectivity index is 0.00000196. The molecule has 1 unspecified atom stereocenters. The number of hydrogen-bond acceptors (Lipinski definition) is 1. The van der Waals surface area contributed by atoms with Gasteiger partial charge < -0.3 is 5.32 Å². The van der Waals surface area contributed by atoms with Crippen LogP contribution in [0.3, 0.4) is 0 Å². The molecule has 1 N–H and O–H groups in total. The highest BCUT2D eigenvalue weighted by molar-refractivity contribution is 5.32. The molecule has 1 aromatic rings. The summed E-state index contributed by atoms with van der Waals surface area (Å²) in [5.74, 6) is 0.577. The van der Waals surface area contributed by atoms with Crippen LogP contribution < -0.4 is 5.32 Å². The Morgan fingerprint density at radius 2 is 1.86 bits per heavy atom. The number of hydrogen-bond donors (Lipinski definition) is 1. The van der Waals surface area contributed by atoms with E-state index in [0.717, 1.165) is 0 Å². The van der Waals surface area contributed by atoms with Crippen LogP contribution in [-0.4, -0.2) is 7.05 Å². The predicted octanol–water partition coefficient (Wildman–Crippen LogP) is 3.33. The van der Waals surface area contributed by atoms with E-state index in [1.54, 1.807) is 0 Å². The zero-order valence-electron chi connectivity index (χ0n) is 9.89. The summed E-state index contributed by atoms with van der Waals surface area (Å²) in [5.41, 5.74) is 2.83. The van der Waals surface area contributed by atoms with Crippen LogP contribution in [0, 0.1) is 12.8 Å². The fourth-order valence-corrected chi connectivity index (χ4v) is 1.89. The molecule has 1 nitrogen and oxygen atoms in total. The molecule has 1 heteroatoms. The van der Waals surface area contributed by atoms with Crippen molar-refractivity contribution in [1.29, 1.82) is 0 Å². The monoisotopic (exact) mass is 193 g/mol. The number of aryl methyl sites for hydroxylation is 1. The molecule has 0 radical (unpaired) electrons. The fraction of sp³-hybridized carbons (Fsp3) is 0.538. The average molecular weight is 193 g/mol. The van der Waals surface area contributed by atoms with Crippen LogP contribution in [-0.2, 0) is 5.54 Å². The van der Waals surface area contributed by atoms with E-state index >= 15 is 0 Å². The van der Waals surface area contributed by atoms with Gasteiger partial charge in [0.1, 0.15) is 0 Å². The molecular weight excluding hydrogens is 170 g/mol. The van der Waals surface area contributed by atoms with Gasteiger partial charge in [-0.2, -0.15) is 0 Å². The van der Waals surface area contributed by atoms with Crippen LogP contribution in [0.5, 0.6) is 0 Å². The molecular formula is C13H23N. The Kier molecular flexibility index (Phi) is 3.33. The molecule has 0 heterocycles. The summed E-state index contributed by atoms with van der Waals surface area (Å²) in [6, 6.07) is 8.59. The lowest BCUT2D eigenvalue weighted by molar-refractivity contribution is 0.285. The van der Waals surface area contributed by atoms with Crippen LogP contribution in [0.4, 0.5) is 0 Å². The zero-order chi connectivity index (χ0) is 10.8. The fourth-order valence-electron chi connectivity index (χ4n) is 1.89. The quantitative estimate of drug-likeness (QED) is 0.776. The van der Waals surface area contributed by atoms with Crippen molar-refractivity contribution < 1.29 is 1.43 Å². The van der Waals surface area contributed by atoms with Gasteiger partial charge in [0.2, 0.25) is 0 Å². The lowest BCUT2D eigenvalue weighted by atomic mass is 9.80. The highest BCUT2D eigenvalue weighted by atomic mass is 14.9. The molecule has 0 spiro atoms. The lowest BCUT2D eigenvalue weighted by Crippen LogP contribution is -2.42. The second-order valence-corrected chi connectivity index (χ2v) is 4.42. The third-order valence-corrected chi connectivity index (χ3v) is 3.38. The van der Waals surface area contributed by atoms with E-state index in [1.807, 2.05) is 7.05 Å². The van der Waals surface area contributed by atoms with Gasteiger partial charge in [0.25, 0.3) is 0 Å². The van der Waals surface area contributed by atoms with E-state index < -0.39 is 0 Å². The highest BCUT2D eigenvalue weighted by Crippen LogP contribution is 2.30. The van der Waals surface area contributed by atoms with Crippen molar-refractivity contribution in [2.75, 3.05) is 7.05 Å². The van der Waals surface area contributed by atoms with Gasteiger partial charge in [0, 0.05) is 6.97 Å². The Bertz CT molecular complexity index is 309. The molecule has 0 aliphatic carbocycles. The number of nitrogens with one attached hydrogen (secondary N) is 1. The van der Waals surface area contributed by atoms with Gasteiger partial charge in [0.05, 0.1) is 0 Å². The lowest BCUT2D eigenvalue weighted by Gasteiger charge is -2.35. The molecule has 0 aliphatic rings. The summed E-state index contributed by atoms with van der Waals surface area (Å²) >= 11 is 0. The number of rotatable bonds is 3. The molecule has 0 bridgehead atoms. The van der Waals surface area contributed by atoms with Crippen molar-refractivity contribution in [2.24, 2.45) is 5.92 Å². The van der Waals surface area contributed by atoms with E-state index in [9.17, 15) is 0 Å². The van der Waals surface area contributed by atoms with E-state index in [2.05, 4.69) is 57.3 Å². The first kappa shape index (κ1) is 11.3. The van der Waals surface area contributed by atoms with Gasteiger partial charge in [-0.25, -0.2) is 0 Å². The Labute approximate surface area is 89.0 Å². The van der Waals surface area contributed by atoms with Gasteiger partial charge >= 0.3 is 0 Å². The molecule has 0 fully saturated rings. The zero-order valence-corrected chi connectivity index (χ0v) is 9.89. The molecule has 14 heavy (non-hydrogen) atoms. The summed E-state index contributed by atoms with van der Waals surface area (Å²) in [4.78, 5) is 0. The molecule has 0 aliphatic heterocycles. The molecule has 1 atom stereocenters. The van der Waals surface area contributed by atoms with Crippen LogP contribution >= 0.6 is 0 Å².